The van der Waals surface area contributed by atoms with Gasteiger partial charge in [-0.05, 0) is 80.9 Å². The molecule has 0 N–H and O–H groups in total. The van der Waals surface area contributed by atoms with E-state index in [1.807, 2.05) is 18.3 Å². The molecular weight excluding hydrogens is 492 g/mol. The number of hydrogen-bond acceptors (Lipinski definition) is 4. The molecule has 0 spiro atoms. The Bertz CT molecular complexity index is 1900. The average Bonchev–Trinajstić information content (AvgIpc) is 3.47. The molecule has 4 aromatic carbocycles. The van der Waals surface area contributed by atoms with Crippen molar-refractivity contribution in [3.05, 3.63) is 132 Å². The van der Waals surface area contributed by atoms with Crippen LogP contribution in [0.15, 0.2) is 127 Å². The monoisotopic (exact) mass is 522 g/mol. The number of pyridine rings is 1. The predicted octanol–water partition coefficient (Wildman–Crippen LogP) is 8.81. The van der Waals surface area contributed by atoms with Gasteiger partial charge in [0.1, 0.15) is 17.3 Å². The molecule has 1 aliphatic heterocycles. The molecule has 0 bridgehead atoms. The molecule has 3 heterocycles. The Morgan fingerprint density at radius 3 is 2.12 bits per heavy atom. The number of anilines is 2. The molecule has 0 aliphatic carbocycles. The van der Waals surface area contributed by atoms with Gasteiger partial charge in [-0.25, -0.2) is 4.98 Å². The van der Waals surface area contributed by atoms with Crippen molar-refractivity contribution < 1.29 is 4.74 Å². The fourth-order valence-electron chi connectivity index (χ4n) is 5.66. The van der Waals surface area contributed by atoms with Crippen LogP contribution in [0.5, 0.6) is 11.5 Å². The number of hydrogen-bond donors (Lipinski definition) is 0. The van der Waals surface area contributed by atoms with Gasteiger partial charge < -0.3 is 14.5 Å². The molecule has 2 aromatic heterocycles. The van der Waals surface area contributed by atoms with Gasteiger partial charge >= 0.3 is 0 Å². The van der Waals surface area contributed by atoms with Gasteiger partial charge in [-0.3, -0.25) is 4.57 Å². The minimum Gasteiger partial charge on any atom is -0.457 e. The first kappa shape index (κ1) is 24.0. The van der Waals surface area contributed by atoms with Crippen LogP contribution in [-0.4, -0.2) is 16.2 Å². The highest BCUT2D eigenvalue weighted by Gasteiger charge is 2.25. The maximum atomic E-state index is 6.48. The highest BCUT2D eigenvalue weighted by molar-refractivity contribution is 6.09. The molecule has 5 nitrogen and oxygen atoms in total. The molecule has 0 atom stereocenters. The van der Waals surface area contributed by atoms with E-state index in [0.717, 1.165) is 40.7 Å². The van der Waals surface area contributed by atoms with E-state index in [-0.39, 0.29) is 0 Å². The summed E-state index contributed by atoms with van der Waals surface area (Å²) < 4.78 is 8.70. The zero-order valence-electron chi connectivity index (χ0n) is 22.9. The summed E-state index contributed by atoms with van der Waals surface area (Å²) in [5, 5.41) is 2.37. The highest BCUT2D eigenvalue weighted by atomic mass is 16.5. The number of nitrogens with zero attached hydrogens (tertiary/aromatic N) is 4. The van der Waals surface area contributed by atoms with Gasteiger partial charge in [0.2, 0.25) is 0 Å². The van der Waals surface area contributed by atoms with Crippen LogP contribution >= 0.6 is 0 Å². The minimum atomic E-state index is 0.765. The van der Waals surface area contributed by atoms with Gasteiger partial charge in [0, 0.05) is 51.9 Å². The molecule has 6 aromatic rings. The van der Waals surface area contributed by atoms with Gasteiger partial charge in [-0.2, -0.15) is 0 Å². The van der Waals surface area contributed by atoms with Gasteiger partial charge in [-0.15, -0.1) is 0 Å². The van der Waals surface area contributed by atoms with Gasteiger partial charge in [0.25, 0.3) is 0 Å². The number of ether oxygens (including phenoxy) is 1. The molecule has 0 saturated carbocycles. The number of rotatable bonds is 5. The molecule has 0 radical (unpaired) electrons. The van der Waals surface area contributed by atoms with Crippen molar-refractivity contribution in [2.45, 2.75) is 20.8 Å². The predicted molar refractivity (Wildman–Crippen MR) is 164 cm³/mol. The van der Waals surface area contributed by atoms with Gasteiger partial charge in [0.15, 0.2) is 0 Å². The summed E-state index contributed by atoms with van der Waals surface area (Å²) in [6.07, 6.45) is 1.87. The summed E-state index contributed by atoms with van der Waals surface area (Å²) in [6.45, 7) is 7.22. The van der Waals surface area contributed by atoms with Gasteiger partial charge in [0.05, 0.1) is 17.7 Å². The van der Waals surface area contributed by atoms with E-state index in [0.29, 0.717) is 0 Å². The quantitative estimate of drug-likeness (QED) is 0.226. The second-order valence-corrected chi connectivity index (χ2v) is 10.3. The third kappa shape index (κ3) is 4.07. The van der Waals surface area contributed by atoms with Crippen molar-refractivity contribution in [2.75, 3.05) is 16.5 Å². The number of aromatic nitrogens is 2. The summed E-state index contributed by atoms with van der Waals surface area (Å²) in [7, 11) is 0. The van der Waals surface area contributed by atoms with Crippen LogP contribution in [0.2, 0.25) is 0 Å². The molecular formula is C35H30N4O. The van der Waals surface area contributed by atoms with Crippen molar-refractivity contribution in [1.82, 2.24) is 9.55 Å². The van der Waals surface area contributed by atoms with Crippen LogP contribution in [-0.2, 0) is 0 Å². The standard InChI is InChI=1S/C35H30N4O/c1-24-18-19-36-35(20-24)39-33-15-8-7-14-31(33)32-17-16-30(22-34(32)39)40-29-13-9-12-28(21-29)38-23-37(25(2)26(38)3)27-10-5-4-6-11-27/h4-22H,23H2,1-3H3. The van der Waals surface area contributed by atoms with E-state index < -0.39 is 0 Å². The summed E-state index contributed by atoms with van der Waals surface area (Å²) in [5.74, 6) is 2.49. The molecule has 40 heavy (non-hydrogen) atoms. The number of aryl methyl sites for hydroxylation is 1. The van der Waals surface area contributed by atoms with Crippen LogP contribution in [0.1, 0.15) is 19.4 Å². The van der Waals surface area contributed by atoms with Crippen molar-refractivity contribution in [1.29, 1.82) is 0 Å². The van der Waals surface area contributed by atoms with Crippen LogP contribution in [0, 0.1) is 6.92 Å². The lowest BCUT2D eigenvalue weighted by Gasteiger charge is -2.24. The Kier molecular flexibility index (Phi) is 5.78. The molecule has 0 saturated heterocycles. The maximum absolute atomic E-state index is 6.48. The normalized spacial score (nSPS) is 13.6. The molecule has 0 unspecified atom stereocenters. The first-order valence-electron chi connectivity index (χ1n) is 13.6. The zero-order chi connectivity index (χ0) is 27.2. The first-order valence-corrected chi connectivity index (χ1v) is 13.6. The Hall–Kier alpha value is -5.03. The molecule has 196 valence electrons. The second kappa shape index (κ2) is 9.62. The molecule has 7 rings (SSSR count). The molecule has 0 amide bonds. The summed E-state index contributed by atoms with van der Waals surface area (Å²) in [6, 6.07) is 37.8. The number of fused-ring (bicyclic) bond motifs is 3. The van der Waals surface area contributed by atoms with Crippen molar-refractivity contribution >= 4 is 33.2 Å². The van der Waals surface area contributed by atoms with E-state index in [1.165, 1.54) is 33.4 Å². The van der Waals surface area contributed by atoms with Crippen LogP contribution in [0.25, 0.3) is 27.6 Å². The lowest BCUT2D eigenvalue weighted by molar-refractivity contribution is 0.483. The third-order valence-electron chi connectivity index (χ3n) is 7.82. The topological polar surface area (TPSA) is 33.5 Å². The van der Waals surface area contributed by atoms with E-state index in [1.54, 1.807) is 0 Å². The van der Waals surface area contributed by atoms with Crippen LogP contribution in [0.3, 0.4) is 0 Å². The minimum absolute atomic E-state index is 0.765. The fourth-order valence-corrected chi connectivity index (χ4v) is 5.66. The SMILES string of the molecule is CC1=C(C)N(c2cccc(Oc3ccc4c5ccccc5n(-c5cc(C)ccn5)c4c3)c2)CN1c1ccccc1. The maximum Gasteiger partial charge on any atom is 0.137 e. The lowest BCUT2D eigenvalue weighted by Crippen LogP contribution is -2.26. The largest absolute Gasteiger partial charge is 0.457 e. The van der Waals surface area contributed by atoms with E-state index in [4.69, 9.17) is 9.72 Å². The zero-order valence-corrected chi connectivity index (χ0v) is 22.9. The first-order chi connectivity index (χ1) is 19.6. The average molecular weight is 523 g/mol. The Balaban J connectivity index is 1.24. The second-order valence-electron chi connectivity index (χ2n) is 10.3. The Labute approximate surface area is 234 Å². The summed E-state index contributed by atoms with van der Waals surface area (Å²) in [5.41, 5.74) is 8.16. The van der Waals surface area contributed by atoms with Gasteiger partial charge in [-0.1, -0.05) is 42.5 Å². The number of benzene rings is 4. The Morgan fingerprint density at radius 2 is 1.30 bits per heavy atom. The molecule has 1 aliphatic rings. The van der Waals surface area contributed by atoms with Crippen molar-refractivity contribution in [2.24, 2.45) is 0 Å². The summed E-state index contributed by atoms with van der Waals surface area (Å²) in [4.78, 5) is 9.38. The van der Waals surface area contributed by atoms with Crippen molar-refractivity contribution in [3.8, 4) is 17.3 Å². The molecule has 5 heteroatoms. The lowest BCUT2D eigenvalue weighted by atomic mass is 10.1. The van der Waals surface area contributed by atoms with Crippen LogP contribution < -0.4 is 14.5 Å². The van der Waals surface area contributed by atoms with Crippen molar-refractivity contribution in [3.63, 3.8) is 0 Å². The third-order valence-corrected chi connectivity index (χ3v) is 7.82. The number of allylic oxidation sites excluding steroid dienone is 2. The van der Waals surface area contributed by atoms with E-state index >= 15 is 0 Å². The Morgan fingerprint density at radius 1 is 0.600 bits per heavy atom. The molecule has 0 fully saturated rings. The van der Waals surface area contributed by atoms with E-state index in [9.17, 15) is 0 Å². The van der Waals surface area contributed by atoms with E-state index in [2.05, 4.69) is 132 Å². The number of para-hydroxylation sites is 2. The van der Waals surface area contributed by atoms with Crippen LogP contribution in [0.4, 0.5) is 11.4 Å². The smallest absolute Gasteiger partial charge is 0.137 e. The summed E-state index contributed by atoms with van der Waals surface area (Å²) >= 11 is 0. The highest BCUT2D eigenvalue weighted by Crippen LogP contribution is 2.37. The fraction of sp³-hybridized carbons (Fsp3) is 0.114.